The lowest BCUT2D eigenvalue weighted by atomic mass is 10.0. The molecule has 3 aromatic rings. The molecule has 0 unspecified atom stereocenters. The fourth-order valence-electron chi connectivity index (χ4n) is 3.37. The van der Waals surface area contributed by atoms with Crippen molar-refractivity contribution < 1.29 is 4.79 Å². The number of rotatable bonds is 6. The molecule has 0 aliphatic carbocycles. The van der Waals surface area contributed by atoms with Gasteiger partial charge in [0.1, 0.15) is 4.70 Å². The van der Waals surface area contributed by atoms with Crippen LogP contribution in [0.25, 0.3) is 10.3 Å². The van der Waals surface area contributed by atoms with E-state index >= 15 is 0 Å². The zero-order chi connectivity index (χ0) is 21.3. The van der Waals surface area contributed by atoms with E-state index in [0.29, 0.717) is 21.4 Å². The first-order valence-corrected chi connectivity index (χ1v) is 11.9. The van der Waals surface area contributed by atoms with E-state index in [1.807, 2.05) is 24.3 Å². The maximum atomic E-state index is 12.8. The fraction of sp³-hybridized carbons (Fsp3) is 0.429. The van der Waals surface area contributed by atoms with Gasteiger partial charge in [0.25, 0.3) is 5.56 Å². The summed E-state index contributed by atoms with van der Waals surface area (Å²) in [6.45, 7) is 6.21. The van der Waals surface area contributed by atoms with Crippen LogP contribution < -0.4 is 15.8 Å². The number of carbonyl (C=O) groups excluding carboxylic acids is 1. The number of hydrogen-bond donors (Lipinski definition) is 1. The lowest BCUT2D eigenvalue weighted by Crippen LogP contribution is -2.20. The van der Waals surface area contributed by atoms with Crippen molar-refractivity contribution in [2.24, 2.45) is 7.05 Å². The van der Waals surface area contributed by atoms with Crippen LogP contribution in [0.3, 0.4) is 0 Å². The number of thiazole rings is 1. The predicted molar refractivity (Wildman–Crippen MR) is 124 cm³/mol. The maximum absolute atomic E-state index is 12.8. The van der Waals surface area contributed by atoms with Crippen LogP contribution in [0.15, 0.2) is 34.2 Å². The first-order chi connectivity index (χ1) is 14.4. The van der Waals surface area contributed by atoms with Crippen molar-refractivity contribution in [2.75, 3.05) is 29.1 Å². The van der Waals surface area contributed by atoms with Crippen LogP contribution in [-0.4, -0.2) is 39.3 Å². The molecule has 7 nitrogen and oxygen atoms in total. The van der Waals surface area contributed by atoms with Gasteiger partial charge in [-0.05, 0) is 36.5 Å². The Morgan fingerprint density at radius 3 is 2.57 bits per heavy atom. The van der Waals surface area contributed by atoms with E-state index in [-0.39, 0.29) is 17.2 Å². The van der Waals surface area contributed by atoms with Crippen LogP contribution >= 0.6 is 23.1 Å². The van der Waals surface area contributed by atoms with Crippen LogP contribution in [0, 0.1) is 0 Å². The SMILES string of the molecule is CC(C)c1ccc(NC(=O)CSc2nc3nc(N4CCCC4)sc3c(=O)n2C)cc1. The molecule has 1 N–H and O–H groups in total. The number of anilines is 2. The summed E-state index contributed by atoms with van der Waals surface area (Å²) >= 11 is 2.65. The Hall–Kier alpha value is -2.39. The molecule has 4 rings (SSSR count). The second-order valence-corrected chi connectivity index (χ2v) is 9.64. The number of carbonyl (C=O) groups is 1. The molecule has 0 saturated carbocycles. The summed E-state index contributed by atoms with van der Waals surface area (Å²) in [6.07, 6.45) is 2.30. The Morgan fingerprint density at radius 2 is 1.90 bits per heavy atom. The van der Waals surface area contributed by atoms with E-state index in [2.05, 4.69) is 34.0 Å². The number of hydrogen-bond acceptors (Lipinski definition) is 7. The van der Waals surface area contributed by atoms with E-state index in [1.54, 1.807) is 7.05 Å². The highest BCUT2D eigenvalue weighted by atomic mass is 32.2. The number of nitrogens with one attached hydrogen (secondary N) is 1. The van der Waals surface area contributed by atoms with E-state index in [9.17, 15) is 9.59 Å². The summed E-state index contributed by atoms with van der Waals surface area (Å²) in [5, 5.41) is 4.25. The van der Waals surface area contributed by atoms with Crippen LogP contribution in [0.1, 0.15) is 38.2 Å². The topological polar surface area (TPSA) is 80.1 Å². The molecule has 9 heteroatoms. The highest BCUT2D eigenvalue weighted by Gasteiger charge is 2.20. The molecule has 1 aromatic carbocycles. The van der Waals surface area contributed by atoms with Gasteiger partial charge >= 0.3 is 0 Å². The maximum Gasteiger partial charge on any atom is 0.273 e. The second kappa shape index (κ2) is 8.77. The molecule has 0 spiro atoms. The van der Waals surface area contributed by atoms with Gasteiger partial charge in [0.2, 0.25) is 5.91 Å². The molecule has 1 amide bonds. The molecule has 3 heterocycles. The zero-order valence-corrected chi connectivity index (χ0v) is 19.0. The third-order valence-electron chi connectivity index (χ3n) is 5.16. The van der Waals surface area contributed by atoms with E-state index in [1.165, 1.54) is 33.2 Å². The third kappa shape index (κ3) is 4.37. The monoisotopic (exact) mass is 443 g/mol. The van der Waals surface area contributed by atoms with Gasteiger partial charge in [-0.2, -0.15) is 4.98 Å². The molecule has 1 aliphatic heterocycles. The minimum absolute atomic E-state index is 0.116. The highest BCUT2D eigenvalue weighted by molar-refractivity contribution is 7.99. The summed E-state index contributed by atoms with van der Waals surface area (Å²) in [7, 11) is 1.69. The molecule has 0 atom stereocenters. The minimum atomic E-state index is -0.136. The standard InChI is InChI=1S/C21H25N5O2S2/c1-13(2)14-6-8-15(9-7-14)22-16(27)12-29-20-23-18-17(19(28)25(20)3)30-21(24-18)26-10-4-5-11-26/h6-9,13H,4-5,10-12H2,1-3H3,(H,22,27). The van der Waals surface area contributed by atoms with Crippen molar-refractivity contribution in [3.63, 3.8) is 0 Å². The average molecular weight is 444 g/mol. The average Bonchev–Trinajstić information content (AvgIpc) is 3.40. The second-order valence-electron chi connectivity index (χ2n) is 7.72. The molecule has 1 fully saturated rings. The quantitative estimate of drug-likeness (QED) is 0.461. The number of amides is 1. The predicted octanol–water partition coefficient (Wildman–Crippen LogP) is 3.84. The van der Waals surface area contributed by atoms with Crippen molar-refractivity contribution in [3.05, 3.63) is 40.2 Å². The van der Waals surface area contributed by atoms with Gasteiger partial charge in [0.15, 0.2) is 15.9 Å². The van der Waals surface area contributed by atoms with E-state index in [4.69, 9.17) is 0 Å². The summed E-state index contributed by atoms with van der Waals surface area (Å²) in [4.78, 5) is 36.5. The number of aromatic nitrogens is 3. The zero-order valence-electron chi connectivity index (χ0n) is 17.3. The first kappa shape index (κ1) is 20.9. The molecular weight excluding hydrogens is 418 g/mol. The van der Waals surface area contributed by atoms with Crippen LogP contribution in [0.4, 0.5) is 10.8 Å². The summed E-state index contributed by atoms with van der Waals surface area (Å²) in [5.74, 6) is 0.479. The van der Waals surface area contributed by atoms with Crippen molar-refractivity contribution >= 4 is 50.2 Å². The molecule has 2 aromatic heterocycles. The van der Waals surface area contributed by atoms with Gasteiger partial charge in [-0.1, -0.05) is 49.1 Å². The Kier molecular flexibility index (Phi) is 6.10. The molecule has 30 heavy (non-hydrogen) atoms. The molecule has 0 radical (unpaired) electrons. The third-order valence-corrected chi connectivity index (χ3v) is 7.28. The molecule has 1 aliphatic rings. The molecule has 158 valence electrons. The highest BCUT2D eigenvalue weighted by Crippen LogP contribution is 2.29. The van der Waals surface area contributed by atoms with Crippen LogP contribution in [-0.2, 0) is 11.8 Å². The van der Waals surface area contributed by atoms with Gasteiger partial charge in [0.05, 0.1) is 5.75 Å². The van der Waals surface area contributed by atoms with Gasteiger partial charge < -0.3 is 10.2 Å². The van der Waals surface area contributed by atoms with Crippen molar-refractivity contribution in [1.82, 2.24) is 14.5 Å². The number of fused-ring (bicyclic) bond motifs is 1. The smallest absolute Gasteiger partial charge is 0.273 e. The van der Waals surface area contributed by atoms with Crippen LogP contribution in [0.5, 0.6) is 0 Å². The van der Waals surface area contributed by atoms with Gasteiger partial charge in [-0.3, -0.25) is 14.2 Å². The summed E-state index contributed by atoms with van der Waals surface area (Å²) in [6, 6.07) is 7.86. The van der Waals surface area contributed by atoms with Gasteiger partial charge in [-0.15, -0.1) is 0 Å². The number of nitrogens with zero attached hydrogens (tertiary/aromatic N) is 4. The Bertz CT molecular complexity index is 1110. The molecule has 0 bridgehead atoms. The largest absolute Gasteiger partial charge is 0.348 e. The molecular formula is C21H25N5O2S2. The first-order valence-electron chi connectivity index (χ1n) is 10.1. The minimum Gasteiger partial charge on any atom is -0.348 e. The molecule has 1 saturated heterocycles. The Balaban J connectivity index is 1.45. The van der Waals surface area contributed by atoms with Crippen molar-refractivity contribution in [1.29, 1.82) is 0 Å². The van der Waals surface area contributed by atoms with Crippen molar-refractivity contribution in [2.45, 2.75) is 37.8 Å². The lowest BCUT2D eigenvalue weighted by Gasteiger charge is -2.11. The Labute approximate surface area is 183 Å². The summed E-state index contributed by atoms with van der Waals surface area (Å²) in [5.41, 5.74) is 2.34. The normalized spacial score (nSPS) is 14.1. The number of thioether (sulfide) groups is 1. The fourth-order valence-corrected chi connectivity index (χ4v) is 5.17. The van der Waals surface area contributed by atoms with Gasteiger partial charge in [-0.25, -0.2) is 4.98 Å². The number of benzene rings is 1. The van der Waals surface area contributed by atoms with E-state index in [0.717, 1.165) is 36.8 Å². The van der Waals surface area contributed by atoms with E-state index < -0.39 is 0 Å². The van der Waals surface area contributed by atoms with Gasteiger partial charge in [0, 0.05) is 25.8 Å². The van der Waals surface area contributed by atoms with Crippen molar-refractivity contribution in [3.8, 4) is 0 Å². The lowest BCUT2D eigenvalue weighted by molar-refractivity contribution is -0.113. The summed E-state index contributed by atoms with van der Waals surface area (Å²) < 4.78 is 2.07. The Morgan fingerprint density at radius 1 is 1.20 bits per heavy atom. The van der Waals surface area contributed by atoms with Crippen LogP contribution in [0.2, 0.25) is 0 Å².